The van der Waals surface area contributed by atoms with Crippen LogP contribution in [0.15, 0.2) is 36.4 Å². The summed E-state index contributed by atoms with van der Waals surface area (Å²) in [6.07, 6.45) is 0. The van der Waals surface area contributed by atoms with Crippen LogP contribution in [0.2, 0.25) is 0 Å². The van der Waals surface area contributed by atoms with Crippen LogP contribution in [0.5, 0.6) is 23.0 Å². The Hall–Kier alpha value is -3.15. The molecule has 3 heterocycles. The van der Waals surface area contributed by atoms with Crippen molar-refractivity contribution in [3.63, 3.8) is 0 Å². The molecule has 0 spiro atoms. The van der Waals surface area contributed by atoms with E-state index in [2.05, 4.69) is 6.07 Å². The molecular weight excluding hydrogens is 308 g/mol. The summed E-state index contributed by atoms with van der Waals surface area (Å²) >= 11 is 0. The fourth-order valence-corrected chi connectivity index (χ4v) is 3.21. The minimum Gasteiger partial charge on any atom is -0.493 e. The molecule has 1 aliphatic rings. The number of hydrogen-bond acceptors (Lipinski definition) is 5. The predicted octanol–water partition coefficient (Wildman–Crippen LogP) is 3.39. The monoisotopic (exact) mass is 322 g/mol. The lowest BCUT2D eigenvalue weighted by molar-refractivity contribution is 0.174. The molecule has 0 bridgehead atoms. The predicted molar refractivity (Wildman–Crippen MR) is 89.4 cm³/mol. The van der Waals surface area contributed by atoms with E-state index in [1.165, 1.54) is 0 Å². The van der Waals surface area contributed by atoms with Crippen LogP contribution in [0.1, 0.15) is 0 Å². The molecule has 4 aromatic rings. The van der Waals surface area contributed by atoms with E-state index < -0.39 is 0 Å². The van der Waals surface area contributed by atoms with Gasteiger partial charge in [0.25, 0.3) is 0 Å². The Morgan fingerprint density at radius 1 is 0.917 bits per heavy atom. The number of methoxy groups -OCH3 is 2. The lowest BCUT2D eigenvalue weighted by Crippen LogP contribution is -1.92. The van der Waals surface area contributed by atoms with E-state index in [9.17, 15) is 0 Å². The van der Waals surface area contributed by atoms with Crippen LogP contribution < -0.4 is 18.9 Å². The quantitative estimate of drug-likeness (QED) is 0.566. The molecule has 5 rings (SSSR count). The molecule has 0 amide bonds. The smallest absolute Gasteiger partial charge is 0.231 e. The molecule has 0 atom stereocenters. The van der Waals surface area contributed by atoms with Gasteiger partial charge in [-0.2, -0.15) is 5.10 Å². The molecule has 2 aromatic carbocycles. The van der Waals surface area contributed by atoms with Gasteiger partial charge in [-0.1, -0.05) is 6.07 Å². The Bertz CT molecular complexity index is 1120. The highest BCUT2D eigenvalue weighted by Crippen LogP contribution is 2.38. The number of rotatable bonds is 2. The minimum absolute atomic E-state index is 0.254. The number of fused-ring (bicyclic) bond motifs is 6. The van der Waals surface area contributed by atoms with Crippen LogP contribution in [0.4, 0.5) is 0 Å². The van der Waals surface area contributed by atoms with Crippen LogP contribution in [0, 0.1) is 0 Å². The molecule has 6 nitrogen and oxygen atoms in total. The second-order valence-electron chi connectivity index (χ2n) is 5.62. The summed E-state index contributed by atoms with van der Waals surface area (Å²) in [5.74, 6) is 2.85. The third-order valence-corrected chi connectivity index (χ3v) is 4.38. The van der Waals surface area contributed by atoms with Crippen molar-refractivity contribution in [1.82, 2.24) is 9.61 Å². The molecule has 120 valence electrons. The van der Waals surface area contributed by atoms with E-state index in [4.69, 9.17) is 24.0 Å². The molecule has 1 aliphatic heterocycles. The number of hydrogen-bond donors (Lipinski definition) is 0. The lowest BCUT2D eigenvalue weighted by Gasteiger charge is -2.06. The third kappa shape index (κ3) is 1.68. The summed E-state index contributed by atoms with van der Waals surface area (Å²) in [7, 11) is 3.25. The Morgan fingerprint density at radius 2 is 1.67 bits per heavy atom. The van der Waals surface area contributed by atoms with E-state index >= 15 is 0 Å². The summed E-state index contributed by atoms with van der Waals surface area (Å²) in [6.45, 7) is 0.254. The van der Waals surface area contributed by atoms with Gasteiger partial charge >= 0.3 is 0 Å². The minimum atomic E-state index is 0.254. The summed E-state index contributed by atoms with van der Waals surface area (Å²) in [5.41, 5.74) is 2.81. The summed E-state index contributed by atoms with van der Waals surface area (Å²) in [5, 5.41) is 6.78. The highest BCUT2D eigenvalue weighted by atomic mass is 16.7. The number of benzene rings is 2. The van der Waals surface area contributed by atoms with Crippen LogP contribution in [0.3, 0.4) is 0 Å². The van der Waals surface area contributed by atoms with Gasteiger partial charge in [-0.15, -0.1) is 0 Å². The van der Waals surface area contributed by atoms with E-state index in [0.29, 0.717) is 11.5 Å². The number of pyridine rings is 1. The van der Waals surface area contributed by atoms with Gasteiger partial charge in [-0.3, -0.25) is 0 Å². The molecular formula is C18H14N2O4. The normalized spacial score (nSPS) is 13.1. The fraction of sp³-hybridized carbons (Fsp3) is 0.167. The average molecular weight is 322 g/mol. The van der Waals surface area contributed by atoms with Gasteiger partial charge in [-0.25, -0.2) is 4.52 Å². The van der Waals surface area contributed by atoms with Gasteiger partial charge in [0.15, 0.2) is 23.0 Å². The topological polar surface area (TPSA) is 54.2 Å². The first-order chi connectivity index (χ1) is 11.8. The van der Waals surface area contributed by atoms with Crippen LogP contribution >= 0.6 is 0 Å². The summed E-state index contributed by atoms with van der Waals surface area (Å²) < 4.78 is 23.7. The highest BCUT2D eigenvalue weighted by Gasteiger charge is 2.17. The standard InChI is InChI=1S/C18H14N2O4/c1-21-15-6-11-12(7-16(15)22-2)19-20-13(11)4-3-10-5-17-18(8-14(10)20)24-9-23-17/h3-8H,9H2,1-2H3. The van der Waals surface area contributed by atoms with Gasteiger partial charge in [-0.05, 0) is 18.2 Å². The maximum absolute atomic E-state index is 5.50. The average Bonchev–Trinajstić information content (AvgIpc) is 3.21. The Balaban J connectivity index is 1.89. The van der Waals surface area contributed by atoms with Crippen molar-refractivity contribution >= 4 is 27.3 Å². The van der Waals surface area contributed by atoms with Crippen molar-refractivity contribution in [3.8, 4) is 23.0 Å². The molecule has 24 heavy (non-hydrogen) atoms. The fourth-order valence-electron chi connectivity index (χ4n) is 3.21. The van der Waals surface area contributed by atoms with Gasteiger partial charge in [0.05, 0.1) is 30.8 Å². The Kier molecular flexibility index (Phi) is 2.59. The second kappa shape index (κ2) is 4.67. The lowest BCUT2D eigenvalue weighted by atomic mass is 10.1. The zero-order valence-electron chi connectivity index (χ0n) is 13.2. The number of aromatic nitrogens is 2. The zero-order chi connectivity index (χ0) is 16.3. The highest BCUT2D eigenvalue weighted by molar-refractivity contribution is 6.00. The maximum Gasteiger partial charge on any atom is 0.231 e. The second-order valence-corrected chi connectivity index (χ2v) is 5.62. The number of ether oxygens (including phenoxy) is 4. The first kappa shape index (κ1) is 13.3. The maximum atomic E-state index is 5.50. The van der Waals surface area contributed by atoms with Crippen LogP contribution in [-0.2, 0) is 0 Å². The van der Waals surface area contributed by atoms with Crippen molar-refractivity contribution < 1.29 is 18.9 Å². The van der Waals surface area contributed by atoms with Crippen LogP contribution in [-0.4, -0.2) is 30.6 Å². The number of nitrogens with zero attached hydrogens (tertiary/aromatic N) is 2. The largest absolute Gasteiger partial charge is 0.493 e. The van der Waals surface area contributed by atoms with E-state index in [-0.39, 0.29) is 6.79 Å². The zero-order valence-corrected chi connectivity index (χ0v) is 13.2. The van der Waals surface area contributed by atoms with E-state index in [0.717, 1.165) is 38.8 Å². The summed E-state index contributed by atoms with van der Waals surface area (Å²) in [6, 6.07) is 11.9. The first-order valence-corrected chi connectivity index (χ1v) is 7.55. The molecule has 0 fully saturated rings. The molecule has 2 aromatic heterocycles. The Labute approximate surface area is 137 Å². The van der Waals surface area contributed by atoms with Crippen molar-refractivity contribution in [1.29, 1.82) is 0 Å². The van der Waals surface area contributed by atoms with Gasteiger partial charge < -0.3 is 18.9 Å². The van der Waals surface area contributed by atoms with Crippen molar-refractivity contribution in [2.45, 2.75) is 0 Å². The molecule has 0 saturated carbocycles. The molecule has 0 N–H and O–H groups in total. The van der Waals surface area contributed by atoms with Gasteiger partial charge in [0.1, 0.15) is 0 Å². The Morgan fingerprint density at radius 3 is 2.46 bits per heavy atom. The molecule has 6 heteroatoms. The van der Waals surface area contributed by atoms with Gasteiger partial charge in [0.2, 0.25) is 6.79 Å². The van der Waals surface area contributed by atoms with Gasteiger partial charge in [0, 0.05) is 22.9 Å². The molecule has 0 saturated heterocycles. The first-order valence-electron chi connectivity index (χ1n) is 7.55. The van der Waals surface area contributed by atoms with Crippen molar-refractivity contribution in [2.75, 3.05) is 21.0 Å². The third-order valence-electron chi connectivity index (χ3n) is 4.38. The van der Waals surface area contributed by atoms with E-state index in [1.807, 2.05) is 34.8 Å². The van der Waals surface area contributed by atoms with Crippen molar-refractivity contribution in [3.05, 3.63) is 36.4 Å². The molecule has 0 aliphatic carbocycles. The van der Waals surface area contributed by atoms with Crippen molar-refractivity contribution in [2.24, 2.45) is 0 Å². The van der Waals surface area contributed by atoms with E-state index in [1.54, 1.807) is 14.2 Å². The summed E-state index contributed by atoms with van der Waals surface area (Å²) in [4.78, 5) is 0. The molecule has 0 radical (unpaired) electrons. The SMILES string of the molecule is COc1cc2nn3c4cc5c(cc4ccc3c2cc1OC)OCO5. The van der Waals surface area contributed by atoms with Crippen LogP contribution in [0.25, 0.3) is 27.3 Å². The molecule has 0 unspecified atom stereocenters.